The first-order chi connectivity index (χ1) is 15.2. The van der Waals surface area contributed by atoms with Crippen molar-refractivity contribution < 1.29 is 19.1 Å². The van der Waals surface area contributed by atoms with Crippen molar-refractivity contribution >= 4 is 29.5 Å². The molecule has 2 aromatic carbocycles. The Morgan fingerprint density at radius 3 is 2.22 bits per heavy atom. The van der Waals surface area contributed by atoms with Crippen molar-refractivity contribution in [2.24, 2.45) is 0 Å². The molecule has 0 radical (unpaired) electrons. The molecule has 3 amide bonds. The van der Waals surface area contributed by atoms with Crippen LogP contribution in [0.5, 0.6) is 5.75 Å². The molecule has 0 heterocycles. The van der Waals surface area contributed by atoms with Crippen LogP contribution in [0.25, 0.3) is 0 Å². The standard InChI is InChI=1S/C24H31N3O4S/c1-24(2,3)18-12-10-17(11-13-18)22(29)26-27-23(30)20(14-15-32-4)25-21(28)16-31-19-8-6-5-7-9-19/h5-13,20H,14-16H2,1-4H3,(H,25,28)(H,26,29)(H,27,30). The number of para-hydroxylation sites is 1. The zero-order chi connectivity index (χ0) is 23.6. The predicted molar refractivity (Wildman–Crippen MR) is 128 cm³/mol. The van der Waals surface area contributed by atoms with Crippen molar-refractivity contribution in [1.82, 2.24) is 16.2 Å². The first-order valence-electron chi connectivity index (χ1n) is 10.4. The summed E-state index contributed by atoms with van der Waals surface area (Å²) in [6, 6.07) is 15.4. The Labute approximate surface area is 193 Å². The van der Waals surface area contributed by atoms with Crippen molar-refractivity contribution in [3.8, 4) is 5.75 Å². The van der Waals surface area contributed by atoms with Crippen LogP contribution in [0.4, 0.5) is 0 Å². The monoisotopic (exact) mass is 457 g/mol. The highest BCUT2D eigenvalue weighted by atomic mass is 32.2. The van der Waals surface area contributed by atoms with Crippen molar-refractivity contribution in [2.45, 2.75) is 38.6 Å². The SMILES string of the molecule is CSCCC(NC(=O)COc1ccccc1)C(=O)NNC(=O)c1ccc(C(C)(C)C)cc1. The number of nitrogens with one attached hydrogen (secondary N) is 3. The summed E-state index contributed by atoms with van der Waals surface area (Å²) in [5.41, 5.74) is 6.35. The molecule has 1 atom stereocenters. The molecule has 172 valence electrons. The number of carbonyl (C=O) groups excluding carboxylic acids is 3. The van der Waals surface area contributed by atoms with E-state index in [2.05, 4.69) is 36.9 Å². The van der Waals surface area contributed by atoms with E-state index in [1.807, 2.05) is 24.5 Å². The summed E-state index contributed by atoms with van der Waals surface area (Å²) >= 11 is 1.56. The summed E-state index contributed by atoms with van der Waals surface area (Å²) < 4.78 is 5.42. The van der Waals surface area contributed by atoms with Crippen LogP contribution in [0.3, 0.4) is 0 Å². The van der Waals surface area contributed by atoms with Gasteiger partial charge in [0.05, 0.1) is 0 Å². The molecule has 2 rings (SSSR count). The van der Waals surface area contributed by atoms with Gasteiger partial charge in [-0.05, 0) is 53.7 Å². The highest BCUT2D eigenvalue weighted by Crippen LogP contribution is 2.22. The quantitative estimate of drug-likeness (QED) is 0.503. The van der Waals surface area contributed by atoms with Crippen LogP contribution in [-0.4, -0.2) is 42.4 Å². The summed E-state index contributed by atoms with van der Waals surface area (Å²) in [6.07, 6.45) is 2.33. The van der Waals surface area contributed by atoms with Gasteiger partial charge in [-0.25, -0.2) is 0 Å². The number of hydrogen-bond donors (Lipinski definition) is 3. The fourth-order valence-electron chi connectivity index (χ4n) is 2.81. The number of benzene rings is 2. The maximum Gasteiger partial charge on any atom is 0.269 e. The van der Waals surface area contributed by atoms with Crippen LogP contribution in [0.2, 0.25) is 0 Å². The van der Waals surface area contributed by atoms with Crippen LogP contribution < -0.4 is 20.9 Å². The van der Waals surface area contributed by atoms with Crippen LogP contribution >= 0.6 is 11.8 Å². The number of rotatable bonds is 9. The molecule has 7 nitrogen and oxygen atoms in total. The van der Waals surface area contributed by atoms with Crippen molar-refractivity contribution in [3.63, 3.8) is 0 Å². The Balaban J connectivity index is 1.89. The second-order valence-electron chi connectivity index (χ2n) is 8.27. The van der Waals surface area contributed by atoms with E-state index in [-0.39, 0.29) is 12.0 Å². The lowest BCUT2D eigenvalue weighted by molar-refractivity contribution is -0.130. The summed E-state index contributed by atoms with van der Waals surface area (Å²) in [5.74, 6) is -0.107. The molecule has 0 aliphatic rings. The third-order valence-electron chi connectivity index (χ3n) is 4.69. The summed E-state index contributed by atoms with van der Waals surface area (Å²) in [6.45, 7) is 6.07. The van der Waals surface area contributed by atoms with Crippen molar-refractivity contribution in [3.05, 3.63) is 65.7 Å². The average Bonchev–Trinajstić information content (AvgIpc) is 2.78. The van der Waals surface area contributed by atoms with Gasteiger partial charge in [0.1, 0.15) is 11.8 Å². The maximum absolute atomic E-state index is 12.6. The minimum Gasteiger partial charge on any atom is -0.484 e. The zero-order valence-corrected chi connectivity index (χ0v) is 19.8. The Morgan fingerprint density at radius 2 is 1.62 bits per heavy atom. The number of hydrazine groups is 1. The van der Waals surface area contributed by atoms with Gasteiger partial charge in [0.2, 0.25) is 0 Å². The Hall–Kier alpha value is -3.00. The number of ether oxygens (including phenoxy) is 1. The summed E-state index contributed by atoms with van der Waals surface area (Å²) in [5, 5.41) is 2.67. The molecule has 0 saturated heterocycles. The van der Waals surface area contributed by atoms with E-state index in [0.717, 1.165) is 5.56 Å². The number of carbonyl (C=O) groups is 3. The fraction of sp³-hybridized carbons (Fsp3) is 0.375. The van der Waals surface area contributed by atoms with E-state index in [1.165, 1.54) is 0 Å². The lowest BCUT2D eigenvalue weighted by Crippen LogP contribution is -2.53. The lowest BCUT2D eigenvalue weighted by atomic mass is 9.87. The van der Waals surface area contributed by atoms with Gasteiger partial charge in [-0.3, -0.25) is 25.2 Å². The van der Waals surface area contributed by atoms with Crippen LogP contribution in [0.15, 0.2) is 54.6 Å². The molecule has 2 aromatic rings. The second kappa shape index (κ2) is 12.1. The smallest absolute Gasteiger partial charge is 0.269 e. The van der Waals surface area contributed by atoms with E-state index >= 15 is 0 Å². The Bertz CT molecular complexity index is 896. The van der Waals surface area contributed by atoms with Gasteiger partial charge in [0.25, 0.3) is 17.7 Å². The van der Waals surface area contributed by atoms with Gasteiger partial charge in [0.15, 0.2) is 6.61 Å². The first-order valence-corrected chi connectivity index (χ1v) is 11.8. The molecule has 0 saturated carbocycles. The summed E-state index contributed by atoms with van der Waals surface area (Å²) in [4.78, 5) is 37.2. The zero-order valence-electron chi connectivity index (χ0n) is 18.9. The molecule has 0 spiro atoms. The molecule has 0 aliphatic carbocycles. The molecule has 3 N–H and O–H groups in total. The van der Waals surface area contributed by atoms with Crippen molar-refractivity contribution in [1.29, 1.82) is 0 Å². The molecule has 1 unspecified atom stereocenters. The first kappa shape index (κ1) is 25.3. The van der Waals surface area contributed by atoms with E-state index < -0.39 is 23.8 Å². The van der Waals surface area contributed by atoms with Gasteiger partial charge in [0, 0.05) is 5.56 Å². The average molecular weight is 458 g/mol. The van der Waals surface area contributed by atoms with Gasteiger partial charge < -0.3 is 10.1 Å². The van der Waals surface area contributed by atoms with E-state index in [9.17, 15) is 14.4 Å². The molecule has 0 aromatic heterocycles. The molecule has 0 fully saturated rings. The number of amides is 3. The Kier molecular flexibility index (Phi) is 9.59. The highest BCUT2D eigenvalue weighted by molar-refractivity contribution is 7.98. The van der Waals surface area contributed by atoms with E-state index in [4.69, 9.17) is 4.74 Å². The minimum absolute atomic E-state index is 0.0177. The van der Waals surface area contributed by atoms with Crippen LogP contribution in [0, 0.1) is 0 Å². The van der Waals surface area contributed by atoms with Crippen molar-refractivity contribution in [2.75, 3.05) is 18.6 Å². The molecular formula is C24H31N3O4S. The van der Waals surface area contributed by atoms with Crippen LogP contribution in [0.1, 0.15) is 43.1 Å². The summed E-state index contributed by atoms with van der Waals surface area (Å²) in [7, 11) is 0. The van der Waals surface area contributed by atoms with E-state index in [1.54, 1.807) is 48.2 Å². The van der Waals surface area contributed by atoms with Gasteiger partial charge >= 0.3 is 0 Å². The normalized spacial score (nSPS) is 11.9. The minimum atomic E-state index is -0.794. The fourth-order valence-corrected chi connectivity index (χ4v) is 3.28. The molecule has 0 bridgehead atoms. The second-order valence-corrected chi connectivity index (χ2v) is 9.26. The Morgan fingerprint density at radius 1 is 0.969 bits per heavy atom. The third-order valence-corrected chi connectivity index (χ3v) is 5.33. The lowest BCUT2D eigenvalue weighted by Gasteiger charge is -2.20. The van der Waals surface area contributed by atoms with Gasteiger partial charge in [-0.2, -0.15) is 11.8 Å². The molecule has 0 aliphatic heterocycles. The predicted octanol–water partition coefficient (Wildman–Crippen LogP) is 3.06. The molecule has 8 heteroatoms. The maximum atomic E-state index is 12.6. The van der Waals surface area contributed by atoms with E-state index in [0.29, 0.717) is 23.5 Å². The van der Waals surface area contributed by atoms with Crippen LogP contribution in [-0.2, 0) is 15.0 Å². The number of thioether (sulfide) groups is 1. The third kappa shape index (κ3) is 8.26. The number of hydrogen-bond acceptors (Lipinski definition) is 5. The molecular weight excluding hydrogens is 426 g/mol. The largest absolute Gasteiger partial charge is 0.484 e. The molecule has 32 heavy (non-hydrogen) atoms. The highest BCUT2D eigenvalue weighted by Gasteiger charge is 2.21. The van der Waals surface area contributed by atoms with Gasteiger partial charge in [-0.15, -0.1) is 0 Å². The van der Waals surface area contributed by atoms with Gasteiger partial charge in [-0.1, -0.05) is 51.1 Å². The topological polar surface area (TPSA) is 96.5 Å².